The second-order valence-electron chi connectivity index (χ2n) is 5.44. The Morgan fingerprint density at radius 2 is 1.75 bits per heavy atom. The van der Waals surface area contributed by atoms with Gasteiger partial charge in [-0.25, -0.2) is 5.43 Å². The lowest BCUT2D eigenvalue weighted by molar-refractivity contribution is -0.120. The number of carbonyl (C=O) groups is 2. The van der Waals surface area contributed by atoms with Crippen LogP contribution in [0.25, 0.3) is 0 Å². The van der Waals surface area contributed by atoms with Crippen LogP contribution in [0.4, 0.5) is 0 Å². The van der Waals surface area contributed by atoms with Crippen molar-refractivity contribution in [3.8, 4) is 17.2 Å². The van der Waals surface area contributed by atoms with Crippen molar-refractivity contribution in [2.45, 2.75) is 0 Å². The minimum Gasteiger partial charge on any atom is -0.493 e. The molecule has 0 heterocycles. The second kappa shape index (κ2) is 10.2. The topological polar surface area (TPSA) is 98.2 Å². The zero-order valence-corrected chi connectivity index (χ0v) is 16.4. The lowest BCUT2D eigenvalue weighted by Gasteiger charge is -2.12. The highest BCUT2D eigenvalue weighted by atomic mass is 35.5. The second-order valence-corrected chi connectivity index (χ2v) is 5.88. The SMILES string of the molecule is COc1cc(/C=N/NC(=O)CNC(=O)c2cccc(Cl)c2)cc(OC)c1OC. The smallest absolute Gasteiger partial charge is 0.259 e. The fraction of sp³-hybridized carbons (Fsp3) is 0.211. The Bertz CT molecular complexity index is 861. The summed E-state index contributed by atoms with van der Waals surface area (Å²) >= 11 is 5.84. The normalized spacial score (nSPS) is 10.4. The van der Waals surface area contributed by atoms with E-state index in [-0.39, 0.29) is 6.54 Å². The van der Waals surface area contributed by atoms with Gasteiger partial charge >= 0.3 is 0 Å². The van der Waals surface area contributed by atoms with E-state index in [2.05, 4.69) is 15.8 Å². The molecule has 2 rings (SSSR count). The van der Waals surface area contributed by atoms with Crippen molar-refractivity contribution in [2.24, 2.45) is 5.10 Å². The van der Waals surface area contributed by atoms with Crippen molar-refractivity contribution in [3.63, 3.8) is 0 Å². The first-order valence-corrected chi connectivity index (χ1v) is 8.52. The highest BCUT2D eigenvalue weighted by Gasteiger charge is 2.12. The number of hydrogen-bond donors (Lipinski definition) is 2. The van der Waals surface area contributed by atoms with Crippen LogP contribution < -0.4 is 25.0 Å². The van der Waals surface area contributed by atoms with Crippen LogP contribution >= 0.6 is 11.6 Å². The molecule has 0 saturated carbocycles. The maximum Gasteiger partial charge on any atom is 0.259 e. The van der Waals surface area contributed by atoms with Crippen molar-refractivity contribution in [1.29, 1.82) is 0 Å². The number of ether oxygens (including phenoxy) is 3. The molecule has 0 atom stereocenters. The monoisotopic (exact) mass is 405 g/mol. The summed E-state index contributed by atoms with van der Waals surface area (Å²) < 4.78 is 15.7. The zero-order chi connectivity index (χ0) is 20.5. The first kappa shape index (κ1) is 21.0. The van der Waals surface area contributed by atoms with Crippen LogP contribution in [0.5, 0.6) is 17.2 Å². The van der Waals surface area contributed by atoms with E-state index in [0.29, 0.717) is 33.4 Å². The lowest BCUT2D eigenvalue weighted by atomic mass is 10.2. The van der Waals surface area contributed by atoms with Gasteiger partial charge in [0.15, 0.2) is 11.5 Å². The maximum atomic E-state index is 12.0. The molecule has 2 amide bonds. The molecule has 0 aliphatic heterocycles. The molecule has 0 saturated heterocycles. The van der Waals surface area contributed by atoms with Crippen molar-refractivity contribution in [2.75, 3.05) is 27.9 Å². The number of hydrogen-bond acceptors (Lipinski definition) is 6. The van der Waals surface area contributed by atoms with Crippen LogP contribution in [0.3, 0.4) is 0 Å². The molecule has 0 radical (unpaired) electrons. The van der Waals surface area contributed by atoms with Gasteiger partial charge in [0.1, 0.15) is 0 Å². The van der Waals surface area contributed by atoms with Crippen molar-refractivity contribution < 1.29 is 23.8 Å². The first-order valence-electron chi connectivity index (χ1n) is 8.14. The Hall–Kier alpha value is -3.26. The number of halogens is 1. The zero-order valence-electron chi connectivity index (χ0n) is 15.6. The molecule has 0 bridgehead atoms. The summed E-state index contributed by atoms with van der Waals surface area (Å²) in [5, 5.41) is 6.79. The number of nitrogens with one attached hydrogen (secondary N) is 2. The van der Waals surface area contributed by atoms with Crippen LogP contribution in [0.15, 0.2) is 41.5 Å². The summed E-state index contributed by atoms with van der Waals surface area (Å²) in [6.07, 6.45) is 1.42. The molecule has 2 aromatic carbocycles. The van der Waals surface area contributed by atoms with Crippen LogP contribution in [0, 0.1) is 0 Å². The standard InChI is InChI=1S/C19H20ClN3O5/c1-26-15-7-12(8-16(27-2)18(15)28-3)10-22-23-17(24)11-21-19(25)13-5-4-6-14(20)9-13/h4-10H,11H2,1-3H3,(H,21,25)(H,23,24)/b22-10+. The summed E-state index contributed by atoms with van der Waals surface area (Å²) in [5.74, 6) is 0.479. The molecule has 0 spiro atoms. The van der Waals surface area contributed by atoms with E-state index in [0.717, 1.165) is 0 Å². The molecule has 0 aromatic heterocycles. The van der Waals surface area contributed by atoms with E-state index in [4.69, 9.17) is 25.8 Å². The van der Waals surface area contributed by atoms with Crippen LogP contribution in [-0.2, 0) is 4.79 Å². The summed E-state index contributed by atoms with van der Waals surface area (Å²) in [5.41, 5.74) is 3.31. The molecular weight excluding hydrogens is 386 g/mol. The van der Waals surface area contributed by atoms with Crippen molar-refractivity contribution in [3.05, 3.63) is 52.5 Å². The van der Waals surface area contributed by atoms with Crippen LogP contribution in [-0.4, -0.2) is 45.9 Å². The van der Waals surface area contributed by atoms with Crippen molar-refractivity contribution >= 4 is 29.6 Å². The van der Waals surface area contributed by atoms with E-state index in [1.807, 2.05) is 0 Å². The number of amides is 2. The van der Waals surface area contributed by atoms with E-state index in [1.165, 1.54) is 33.6 Å². The highest BCUT2D eigenvalue weighted by Crippen LogP contribution is 2.37. The molecule has 0 aliphatic rings. The van der Waals surface area contributed by atoms with Gasteiger partial charge in [-0.3, -0.25) is 9.59 Å². The van der Waals surface area contributed by atoms with Gasteiger partial charge in [0.2, 0.25) is 5.75 Å². The minimum atomic E-state index is -0.487. The Labute approximate surface area is 167 Å². The van der Waals surface area contributed by atoms with Gasteiger partial charge in [-0.15, -0.1) is 0 Å². The summed E-state index contributed by atoms with van der Waals surface area (Å²) in [4.78, 5) is 23.8. The number of rotatable bonds is 8. The molecule has 2 aromatic rings. The molecule has 0 aliphatic carbocycles. The van der Waals surface area contributed by atoms with E-state index in [1.54, 1.807) is 30.3 Å². The maximum absolute atomic E-state index is 12.0. The molecule has 0 fully saturated rings. The number of carbonyl (C=O) groups excluding carboxylic acids is 2. The third-order valence-electron chi connectivity index (χ3n) is 3.59. The number of methoxy groups -OCH3 is 3. The summed E-state index contributed by atoms with van der Waals surface area (Å²) in [6, 6.07) is 9.77. The van der Waals surface area contributed by atoms with E-state index in [9.17, 15) is 9.59 Å². The largest absolute Gasteiger partial charge is 0.493 e. The van der Waals surface area contributed by atoms with E-state index >= 15 is 0 Å². The Morgan fingerprint density at radius 1 is 1.07 bits per heavy atom. The summed E-state index contributed by atoms with van der Waals surface area (Å²) in [6.45, 7) is -0.238. The molecule has 148 valence electrons. The van der Waals surface area contributed by atoms with Crippen molar-refractivity contribution in [1.82, 2.24) is 10.7 Å². The molecule has 0 unspecified atom stereocenters. The molecular formula is C19H20ClN3O5. The molecule has 2 N–H and O–H groups in total. The average Bonchev–Trinajstić information content (AvgIpc) is 2.71. The van der Waals surface area contributed by atoms with Gasteiger partial charge < -0.3 is 19.5 Å². The number of benzene rings is 2. The van der Waals surface area contributed by atoms with Gasteiger partial charge in [0, 0.05) is 16.1 Å². The third kappa shape index (κ3) is 5.62. The number of hydrazone groups is 1. The molecule has 8 nitrogen and oxygen atoms in total. The predicted octanol–water partition coefficient (Wildman–Crippen LogP) is 2.25. The lowest BCUT2D eigenvalue weighted by Crippen LogP contribution is -2.34. The Kier molecular flexibility index (Phi) is 7.65. The molecule has 9 heteroatoms. The molecule has 28 heavy (non-hydrogen) atoms. The first-order chi connectivity index (χ1) is 13.5. The average molecular weight is 406 g/mol. The highest BCUT2D eigenvalue weighted by molar-refractivity contribution is 6.31. The van der Waals surface area contributed by atoms with Gasteiger partial charge in [0.25, 0.3) is 11.8 Å². The minimum absolute atomic E-state index is 0.238. The van der Waals surface area contributed by atoms with Gasteiger partial charge in [-0.2, -0.15) is 5.10 Å². The van der Waals surface area contributed by atoms with Crippen LogP contribution in [0.1, 0.15) is 15.9 Å². The Morgan fingerprint density at radius 3 is 2.32 bits per heavy atom. The van der Waals surface area contributed by atoms with Gasteiger partial charge in [-0.05, 0) is 30.3 Å². The predicted molar refractivity (Wildman–Crippen MR) is 106 cm³/mol. The number of nitrogens with zero attached hydrogens (tertiary/aromatic N) is 1. The van der Waals surface area contributed by atoms with Crippen LogP contribution in [0.2, 0.25) is 5.02 Å². The van der Waals surface area contributed by atoms with Gasteiger partial charge in [0.05, 0.1) is 34.1 Å². The Balaban J connectivity index is 1.93. The third-order valence-corrected chi connectivity index (χ3v) is 3.82. The summed E-state index contributed by atoms with van der Waals surface area (Å²) in [7, 11) is 4.51. The van der Waals surface area contributed by atoms with E-state index < -0.39 is 11.8 Å². The fourth-order valence-electron chi connectivity index (χ4n) is 2.29. The van der Waals surface area contributed by atoms with Gasteiger partial charge in [-0.1, -0.05) is 17.7 Å². The quantitative estimate of drug-likeness (QED) is 0.518. The fourth-order valence-corrected chi connectivity index (χ4v) is 2.48.